The van der Waals surface area contributed by atoms with Gasteiger partial charge in [-0.25, -0.2) is 28.8 Å². The zero-order chi connectivity index (χ0) is 24.0. The van der Waals surface area contributed by atoms with Crippen molar-refractivity contribution in [3.63, 3.8) is 0 Å². The molecule has 3 aliphatic rings. The summed E-state index contributed by atoms with van der Waals surface area (Å²) in [5.74, 6) is -4.55. The summed E-state index contributed by atoms with van der Waals surface area (Å²) in [6.45, 7) is 0. The van der Waals surface area contributed by atoms with Gasteiger partial charge in [-0.15, -0.1) is 0 Å². The average molecular weight is 460 g/mol. The van der Waals surface area contributed by atoms with Crippen LogP contribution in [0.3, 0.4) is 0 Å². The van der Waals surface area contributed by atoms with Gasteiger partial charge in [0, 0.05) is 11.6 Å². The van der Waals surface area contributed by atoms with Crippen LogP contribution in [0.5, 0.6) is 11.5 Å². The molecule has 2 aliphatic heterocycles. The SMILES string of the molecule is O=C(Oc1cccc(OC(=O)c2ccc3c(c2)C(=O)OC3=O)c1)C1=CC2=C(CC1)C(=O)OC2=O. The normalized spacial score (nSPS) is 16.4. The summed E-state index contributed by atoms with van der Waals surface area (Å²) >= 11 is 0. The van der Waals surface area contributed by atoms with Crippen LogP contribution in [-0.2, 0) is 23.9 Å². The van der Waals surface area contributed by atoms with Gasteiger partial charge < -0.3 is 18.9 Å². The summed E-state index contributed by atoms with van der Waals surface area (Å²) < 4.78 is 19.6. The maximum Gasteiger partial charge on any atom is 0.346 e. The summed E-state index contributed by atoms with van der Waals surface area (Å²) in [7, 11) is 0. The fraction of sp³-hybridized carbons (Fsp3) is 0.0833. The number of fused-ring (bicyclic) bond motifs is 1. The molecule has 0 spiro atoms. The minimum atomic E-state index is -0.848. The van der Waals surface area contributed by atoms with Crippen LogP contribution >= 0.6 is 0 Å². The van der Waals surface area contributed by atoms with Crippen molar-refractivity contribution in [2.45, 2.75) is 12.8 Å². The van der Waals surface area contributed by atoms with E-state index in [9.17, 15) is 28.8 Å². The number of carbonyl (C=O) groups is 6. The summed E-state index contributed by atoms with van der Waals surface area (Å²) in [5, 5.41) is 0. The molecule has 10 heteroatoms. The number of hydrogen-bond acceptors (Lipinski definition) is 10. The predicted octanol–water partition coefficient (Wildman–Crippen LogP) is 2.22. The molecule has 0 saturated heterocycles. The fourth-order valence-corrected chi connectivity index (χ4v) is 3.64. The zero-order valence-corrected chi connectivity index (χ0v) is 17.1. The molecule has 0 unspecified atom stereocenters. The molecule has 34 heavy (non-hydrogen) atoms. The number of benzene rings is 2. The van der Waals surface area contributed by atoms with E-state index in [4.69, 9.17) is 9.47 Å². The Kier molecular flexibility index (Phi) is 4.90. The maximum absolute atomic E-state index is 12.5. The molecule has 0 fully saturated rings. The Bertz CT molecular complexity index is 1410. The van der Waals surface area contributed by atoms with Gasteiger partial charge in [0.25, 0.3) is 0 Å². The van der Waals surface area contributed by atoms with E-state index in [1.807, 2.05) is 0 Å². The second-order valence-corrected chi connectivity index (χ2v) is 7.43. The lowest BCUT2D eigenvalue weighted by atomic mass is 9.93. The zero-order valence-electron chi connectivity index (χ0n) is 17.1. The van der Waals surface area contributed by atoms with Crippen molar-refractivity contribution in [2.75, 3.05) is 0 Å². The molecule has 0 atom stereocenters. The summed E-state index contributed by atoms with van der Waals surface area (Å²) in [5.41, 5.74) is 0.514. The fourth-order valence-electron chi connectivity index (χ4n) is 3.64. The van der Waals surface area contributed by atoms with E-state index in [-0.39, 0.29) is 57.8 Å². The number of hydrogen-bond donors (Lipinski definition) is 0. The Morgan fingerprint density at radius 3 is 2.15 bits per heavy atom. The van der Waals surface area contributed by atoms with E-state index in [0.717, 1.165) is 0 Å². The Labute approximate surface area is 190 Å². The second-order valence-electron chi connectivity index (χ2n) is 7.43. The molecule has 0 bridgehead atoms. The number of carbonyl (C=O) groups excluding carboxylic acids is 6. The summed E-state index contributed by atoms with van der Waals surface area (Å²) in [4.78, 5) is 71.5. The standard InChI is InChI=1S/C24H12O10/c25-19(11-4-6-15-17(8-11)23(29)33-21(15)27)31-13-2-1-3-14(10-13)32-20(26)12-5-7-16-18(9-12)24(30)34-22(16)28/h1-4,6,8-10H,5,7H2. The van der Waals surface area contributed by atoms with Gasteiger partial charge in [-0.2, -0.15) is 0 Å². The number of rotatable bonds is 4. The van der Waals surface area contributed by atoms with Crippen molar-refractivity contribution in [1.29, 1.82) is 0 Å². The first-order chi connectivity index (χ1) is 16.3. The summed E-state index contributed by atoms with van der Waals surface area (Å²) in [6, 6.07) is 9.54. The Balaban J connectivity index is 1.29. The van der Waals surface area contributed by atoms with E-state index in [1.54, 1.807) is 0 Å². The van der Waals surface area contributed by atoms with E-state index in [0.29, 0.717) is 0 Å². The van der Waals surface area contributed by atoms with E-state index < -0.39 is 35.8 Å². The lowest BCUT2D eigenvalue weighted by molar-refractivity contribution is -0.151. The third-order valence-electron chi connectivity index (χ3n) is 5.31. The highest BCUT2D eigenvalue weighted by atomic mass is 16.6. The molecule has 168 valence electrons. The molecule has 0 aromatic heterocycles. The predicted molar refractivity (Wildman–Crippen MR) is 109 cm³/mol. The lowest BCUT2D eigenvalue weighted by Gasteiger charge is -2.12. The Morgan fingerprint density at radius 1 is 0.706 bits per heavy atom. The minimum absolute atomic E-state index is 0.0160. The topological polar surface area (TPSA) is 139 Å². The molecule has 5 rings (SSSR count). The molecule has 0 radical (unpaired) electrons. The largest absolute Gasteiger partial charge is 0.423 e. The van der Waals surface area contributed by atoms with Crippen LogP contribution in [0.2, 0.25) is 0 Å². The van der Waals surface area contributed by atoms with Crippen molar-refractivity contribution in [3.8, 4) is 11.5 Å². The first kappa shape index (κ1) is 21.0. The molecule has 0 N–H and O–H groups in total. The van der Waals surface area contributed by atoms with E-state index in [1.165, 1.54) is 48.5 Å². The smallest absolute Gasteiger partial charge is 0.346 e. The van der Waals surface area contributed by atoms with Crippen molar-refractivity contribution in [3.05, 3.63) is 82.0 Å². The number of cyclic esters (lactones) is 4. The summed E-state index contributed by atoms with van der Waals surface area (Å²) in [6.07, 6.45) is 1.65. The van der Waals surface area contributed by atoms with Crippen LogP contribution in [-0.4, -0.2) is 35.8 Å². The molecule has 0 amide bonds. The van der Waals surface area contributed by atoms with Crippen molar-refractivity contribution in [1.82, 2.24) is 0 Å². The van der Waals surface area contributed by atoms with Crippen molar-refractivity contribution >= 4 is 35.8 Å². The molecule has 2 aromatic rings. The molecule has 2 aromatic carbocycles. The van der Waals surface area contributed by atoms with Gasteiger partial charge in [-0.3, -0.25) is 0 Å². The van der Waals surface area contributed by atoms with Crippen LogP contribution < -0.4 is 9.47 Å². The van der Waals surface area contributed by atoms with E-state index in [2.05, 4.69) is 9.47 Å². The second kappa shape index (κ2) is 7.93. The molecule has 2 heterocycles. The van der Waals surface area contributed by atoms with Crippen LogP contribution in [0.4, 0.5) is 0 Å². The van der Waals surface area contributed by atoms with Gasteiger partial charge in [0.15, 0.2) is 0 Å². The molecular formula is C24H12O10. The molecule has 1 aliphatic carbocycles. The Hall–Kier alpha value is -4.86. The van der Waals surface area contributed by atoms with Crippen LogP contribution in [0.15, 0.2) is 65.3 Å². The van der Waals surface area contributed by atoms with Gasteiger partial charge in [0.05, 0.1) is 27.8 Å². The quantitative estimate of drug-likeness (QED) is 0.379. The molecule has 10 nitrogen and oxygen atoms in total. The Morgan fingerprint density at radius 2 is 1.38 bits per heavy atom. The van der Waals surface area contributed by atoms with Crippen LogP contribution in [0, 0.1) is 0 Å². The van der Waals surface area contributed by atoms with Crippen molar-refractivity contribution < 1.29 is 47.7 Å². The molecular weight excluding hydrogens is 448 g/mol. The highest BCUT2D eigenvalue weighted by Gasteiger charge is 2.35. The van der Waals surface area contributed by atoms with Gasteiger partial charge in [0.2, 0.25) is 0 Å². The minimum Gasteiger partial charge on any atom is -0.423 e. The third-order valence-corrected chi connectivity index (χ3v) is 5.31. The monoisotopic (exact) mass is 460 g/mol. The highest BCUT2D eigenvalue weighted by Crippen LogP contribution is 2.31. The molecule has 0 saturated carbocycles. The number of esters is 6. The number of ether oxygens (including phenoxy) is 4. The van der Waals surface area contributed by atoms with Gasteiger partial charge in [-0.05, 0) is 49.2 Å². The first-order valence-electron chi connectivity index (χ1n) is 9.95. The lowest BCUT2D eigenvalue weighted by Crippen LogP contribution is -2.15. The van der Waals surface area contributed by atoms with Crippen LogP contribution in [0.25, 0.3) is 0 Å². The third kappa shape index (κ3) is 3.66. The van der Waals surface area contributed by atoms with Gasteiger partial charge >= 0.3 is 35.8 Å². The van der Waals surface area contributed by atoms with Gasteiger partial charge in [0.1, 0.15) is 11.5 Å². The van der Waals surface area contributed by atoms with Gasteiger partial charge in [-0.1, -0.05) is 6.07 Å². The first-order valence-corrected chi connectivity index (χ1v) is 9.95. The van der Waals surface area contributed by atoms with E-state index >= 15 is 0 Å². The van der Waals surface area contributed by atoms with Crippen LogP contribution in [0.1, 0.15) is 43.9 Å². The average Bonchev–Trinajstić information content (AvgIpc) is 3.27. The maximum atomic E-state index is 12.5. The van der Waals surface area contributed by atoms with Crippen molar-refractivity contribution in [2.24, 2.45) is 0 Å². The highest BCUT2D eigenvalue weighted by molar-refractivity contribution is 6.16.